The molecule has 0 fully saturated rings. The fourth-order valence-electron chi connectivity index (χ4n) is 9.65. The van der Waals surface area contributed by atoms with Crippen molar-refractivity contribution in [2.24, 2.45) is 0 Å². The molecule has 0 aliphatic rings. The maximum Gasteiger partial charge on any atom is 0.145 e. The van der Waals surface area contributed by atoms with Crippen LogP contribution in [0, 0.1) is 0 Å². The first-order chi connectivity index (χ1) is 30.7. The first-order valence-corrected chi connectivity index (χ1v) is 21.0. The van der Waals surface area contributed by atoms with E-state index in [1.165, 1.54) is 5.39 Å². The monoisotopic (exact) mass is 793 g/mol. The van der Waals surface area contributed by atoms with Crippen LogP contribution in [0.4, 0.5) is 17.1 Å². The van der Waals surface area contributed by atoms with Gasteiger partial charge >= 0.3 is 0 Å². The van der Waals surface area contributed by atoms with Crippen LogP contribution in [0.25, 0.3) is 110 Å². The Morgan fingerprint density at radius 3 is 1.68 bits per heavy atom. The summed E-state index contributed by atoms with van der Waals surface area (Å²) >= 11 is 0. The zero-order valence-electron chi connectivity index (χ0n) is 33.4. The summed E-state index contributed by atoms with van der Waals surface area (Å²) < 4.78 is 19.8. The summed E-state index contributed by atoms with van der Waals surface area (Å²) in [5.41, 5.74) is 14.8. The van der Waals surface area contributed by atoms with Gasteiger partial charge in [-0.2, -0.15) is 0 Å². The van der Waals surface area contributed by atoms with Crippen LogP contribution in [-0.2, 0) is 0 Å². The summed E-state index contributed by atoms with van der Waals surface area (Å²) in [5, 5.41) is 8.90. The number of para-hydroxylation sites is 4. The molecule has 62 heavy (non-hydrogen) atoms. The van der Waals surface area contributed by atoms with Gasteiger partial charge in [-0.15, -0.1) is 0 Å². The maximum absolute atomic E-state index is 6.98. The second-order valence-corrected chi connectivity index (χ2v) is 16.0. The molecule has 4 heteroatoms. The van der Waals surface area contributed by atoms with Crippen molar-refractivity contribution in [1.82, 2.24) is 0 Å². The largest absolute Gasteiger partial charge is 0.456 e. The third-order valence-corrected chi connectivity index (χ3v) is 12.5. The van der Waals surface area contributed by atoms with Gasteiger partial charge in [0.1, 0.15) is 33.5 Å². The van der Waals surface area contributed by atoms with Gasteiger partial charge in [0.2, 0.25) is 0 Å². The molecule has 0 saturated carbocycles. The molecule has 0 amide bonds. The number of hydrogen-bond acceptors (Lipinski definition) is 4. The van der Waals surface area contributed by atoms with Gasteiger partial charge in [0, 0.05) is 49.1 Å². The van der Waals surface area contributed by atoms with Gasteiger partial charge in [0.05, 0.1) is 16.8 Å². The average Bonchev–Trinajstić information content (AvgIpc) is 4.04. The van der Waals surface area contributed by atoms with E-state index < -0.39 is 0 Å². The van der Waals surface area contributed by atoms with E-state index in [2.05, 4.69) is 187 Å². The number of anilines is 3. The lowest BCUT2D eigenvalue weighted by Crippen LogP contribution is -2.11. The summed E-state index contributed by atoms with van der Waals surface area (Å²) in [6.07, 6.45) is 0. The van der Waals surface area contributed by atoms with Crippen molar-refractivity contribution < 1.29 is 13.3 Å². The normalized spacial score (nSPS) is 11.9. The Morgan fingerprint density at radius 2 is 0.855 bits per heavy atom. The van der Waals surface area contributed by atoms with Gasteiger partial charge in [0.25, 0.3) is 0 Å². The minimum atomic E-state index is 0.833. The molecule has 0 unspecified atom stereocenters. The Kier molecular flexibility index (Phi) is 7.57. The predicted octanol–water partition coefficient (Wildman–Crippen LogP) is 17.0. The second-order valence-electron chi connectivity index (χ2n) is 16.0. The van der Waals surface area contributed by atoms with E-state index in [9.17, 15) is 0 Å². The molecule has 3 aromatic heterocycles. The van der Waals surface area contributed by atoms with Crippen LogP contribution in [0.2, 0.25) is 0 Å². The number of nitrogens with zero attached hydrogens (tertiary/aromatic N) is 1. The Labute approximate surface area is 356 Å². The fraction of sp³-hybridized carbons (Fsp3) is 0. The number of fused-ring (bicyclic) bond motifs is 10. The van der Waals surface area contributed by atoms with Gasteiger partial charge in [-0.05, 0) is 88.3 Å². The van der Waals surface area contributed by atoms with Crippen LogP contribution < -0.4 is 4.90 Å². The van der Waals surface area contributed by atoms with Crippen LogP contribution in [0.1, 0.15) is 0 Å². The SMILES string of the molecule is c1ccc(-c2ccc(N(c3ccc(-c4cccc5c4oc4ccccc45)cc3)c3cccc4ccccc34)c3c2oc2ccccc23)c(-c2ccc3c(c2)oc2ccccc23)c1. The standard InChI is InChI=1S/C58H35NO3/c1-2-16-41-36(13-1)14-11-23-50(41)59(39-30-27-37(28-31-39)42-21-12-22-47-45-19-6-9-25-53(45)61-57(42)47)51-34-33-48(58-56(51)49-20-7-10-26-54(49)62-58)43-17-4-3-15-40(43)38-29-32-46-44-18-5-8-24-52(44)60-55(46)35-38/h1-35H. The minimum Gasteiger partial charge on any atom is -0.456 e. The molecule has 0 aliphatic heterocycles. The quantitative estimate of drug-likeness (QED) is 0.168. The van der Waals surface area contributed by atoms with Crippen LogP contribution in [0.3, 0.4) is 0 Å². The van der Waals surface area contributed by atoms with Crippen LogP contribution >= 0.6 is 0 Å². The third kappa shape index (κ3) is 5.27. The van der Waals surface area contributed by atoms with E-state index in [4.69, 9.17) is 13.3 Å². The Hall–Kier alpha value is -8.34. The van der Waals surface area contributed by atoms with Crippen LogP contribution in [-0.4, -0.2) is 0 Å². The molecular weight excluding hydrogens is 759 g/mol. The molecule has 0 saturated heterocycles. The lowest BCUT2D eigenvalue weighted by atomic mass is 9.92. The van der Waals surface area contributed by atoms with Gasteiger partial charge < -0.3 is 18.2 Å². The van der Waals surface area contributed by atoms with Crippen molar-refractivity contribution in [1.29, 1.82) is 0 Å². The van der Waals surface area contributed by atoms with E-state index in [1.54, 1.807) is 0 Å². The Balaban J connectivity index is 1.02. The van der Waals surface area contributed by atoms with Crippen molar-refractivity contribution in [3.63, 3.8) is 0 Å². The smallest absolute Gasteiger partial charge is 0.145 e. The van der Waals surface area contributed by atoms with Crippen molar-refractivity contribution in [3.05, 3.63) is 212 Å². The van der Waals surface area contributed by atoms with Crippen molar-refractivity contribution in [2.45, 2.75) is 0 Å². The molecule has 13 rings (SSSR count). The highest BCUT2D eigenvalue weighted by atomic mass is 16.3. The average molecular weight is 794 g/mol. The second kappa shape index (κ2) is 13.6. The van der Waals surface area contributed by atoms with E-state index in [-0.39, 0.29) is 0 Å². The molecule has 0 atom stereocenters. The summed E-state index contributed by atoms with van der Waals surface area (Å²) in [4.78, 5) is 2.39. The highest BCUT2D eigenvalue weighted by Gasteiger charge is 2.25. The molecule has 0 aliphatic carbocycles. The van der Waals surface area contributed by atoms with Gasteiger partial charge in [-0.3, -0.25) is 0 Å². The van der Waals surface area contributed by atoms with Crippen molar-refractivity contribution >= 4 is 93.7 Å². The maximum atomic E-state index is 6.98. The van der Waals surface area contributed by atoms with Crippen LogP contribution in [0.5, 0.6) is 0 Å². The summed E-state index contributed by atoms with van der Waals surface area (Å²) in [6, 6.07) is 74.9. The third-order valence-electron chi connectivity index (χ3n) is 12.5. The number of rotatable bonds is 6. The first kappa shape index (κ1) is 34.5. The van der Waals surface area contributed by atoms with Gasteiger partial charge in [-0.1, -0.05) is 152 Å². The molecular formula is C58H35NO3. The molecule has 0 radical (unpaired) electrons. The lowest BCUT2D eigenvalue weighted by Gasteiger charge is -2.28. The highest BCUT2D eigenvalue weighted by Crippen LogP contribution is 2.49. The van der Waals surface area contributed by atoms with Gasteiger partial charge in [-0.25, -0.2) is 0 Å². The molecule has 0 N–H and O–H groups in total. The van der Waals surface area contributed by atoms with Crippen molar-refractivity contribution in [2.75, 3.05) is 4.90 Å². The number of hydrogen-bond donors (Lipinski definition) is 0. The van der Waals surface area contributed by atoms with Crippen molar-refractivity contribution in [3.8, 4) is 33.4 Å². The van der Waals surface area contributed by atoms with E-state index in [1.807, 2.05) is 30.3 Å². The summed E-state index contributed by atoms with van der Waals surface area (Å²) in [6.45, 7) is 0. The Bertz CT molecular complexity index is 3880. The van der Waals surface area contributed by atoms with E-state index in [0.717, 1.165) is 122 Å². The van der Waals surface area contributed by atoms with E-state index in [0.29, 0.717) is 0 Å². The minimum absolute atomic E-state index is 0.833. The molecule has 4 nitrogen and oxygen atoms in total. The first-order valence-electron chi connectivity index (χ1n) is 21.0. The lowest BCUT2D eigenvalue weighted by molar-refractivity contribution is 0.669. The highest BCUT2D eigenvalue weighted by molar-refractivity contribution is 6.19. The molecule has 13 aromatic rings. The molecule has 290 valence electrons. The molecule has 0 bridgehead atoms. The fourth-order valence-corrected chi connectivity index (χ4v) is 9.65. The summed E-state index contributed by atoms with van der Waals surface area (Å²) in [7, 11) is 0. The van der Waals surface area contributed by atoms with Gasteiger partial charge in [0.15, 0.2) is 0 Å². The summed E-state index contributed by atoms with van der Waals surface area (Å²) in [5.74, 6) is 0. The molecule has 10 aromatic carbocycles. The predicted molar refractivity (Wildman–Crippen MR) is 257 cm³/mol. The number of furan rings is 3. The zero-order chi connectivity index (χ0) is 40.7. The van der Waals surface area contributed by atoms with Crippen LogP contribution in [0.15, 0.2) is 226 Å². The van der Waals surface area contributed by atoms with E-state index >= 15 is 0 Å². The zero-order valence-corrected chi connectivity index (χ0v) is 33.4. The topological polar surface area (TPSA) is 42.7 Å². The molecule has 3 heterocycles. The molecule has 0 spiro atoms. The Morgan fingerprint density at radius 1 is 0.290 bits per heavy atom. The number of benzene rings is 10.